The zero-order valence-electron chi connectivity index (χ0n) is 63.6. The second-order valence-corrected chi connectivity index (χ2v) is 29.1. The summed E-state index contributed by atoms with van der Waals surface area (Å²) in [7, 11) is 4.03. The van der Waals surface area contributed by atoms with E-state index in [-0.39, 0.29) is 20.1 Å². The van der Waals surface area contributed by atoms with Crippen LogP contribution in [-0.2, 0) is 26.5 Å². The van der Waals surface area contributed by atoms with Crippen molar-refractivity contribution in [2.75, 3.05) is 0 Å². The normalized spacial score (nSPS) is 11.4. The molecule has 22 aromatic rings. The van der Waals surface area contributed by atoms with E-state index in [1.165, 1.54) is 109 Å². The molecule has 0 unspecified atom stereocenters. The summed E-state index contributed by atoms with van der Waals surface area (Å²) in [4.78, 5) is 19.9. The van der Waals surface area contributed by atoms with Gasteiger partial charge in [-0.3, -0.25) is 4.57 Å². The summed E-state index contributed by atoms with van der Waals surface area (Å²) >= 11 is 0. The molecule has 5 aromatic heterocycles. The number of aromatic nitrogens is 8. The van der Waals surface area contributed by atoms with Gasteiger partial charge in [0.15, 0.2) is 17.5 Å². The summed E-state index contributed by atoms with van der Waals surface area (Å²) in [5.74, 6) is 2.99. The Balaban J connectivity index is 0.000000132. The van der Waals surface area contributed by atoms with Crippen LogP contribution in [0.5, 0.6) is 0 Å². The van der Waals surface area contributed by atoms with E-state index in [0.717, 1.165) is 84.7 Å². The molecule has 0 bridgehead atoms. The molecule has 0 N–H and O–H groups in total. The number of para-hydroxylation sites is 5. The van der Waals surface area contributed by atoms with Crippen molar-refractivity contribution in [1.29, 1.82) is 0 Å². The zero-order valence-corrected chi connectivity index (χ0v) is 66.0. The summed E-state index contributed by atoms with van der Waals surface area (Å²) in [6, 6.07) is 140. The van der Waals surface area contributed by atoms with E-state index >= 15 is 0 Å². The topological polar surface area (TPSA) is 70.2 Å². The maximum atomic E-state index is 5.03. The monoisotopic (exact) mass is 1660 g/mol. The third-order valence-electron chi connectivity index (χ3n) is 22.3. The SMILES string of the molecule is CCc1nc2ccccc2n1-c1ccc(-c2c3ccccc3c(-c3ccc(-c4ccccc4)cc3)c3ccccc23)cc1.[CH2-]c1cccc2ccc3ccc[n+]([CH2-])c3c12.[Ir].c1ccc(-c2nc(-c3ccccc3)nc(-c3cccc(-n4c5ccccc5c5ccc(-c6ccc7c(c6)c6ccccc6n7-c6ccccc6)cc54)c3)n2)cc1. The van der Waals surface area contributed by atoms with Gasteiger partial charge in [-0.25, -0.2) is 19.9 Å². The third kappa shape index (κ3) is 13.1. The van der Waals surface area contributed by atoms with Gasteiger partial charge in [0.25, 0.3) is 0 Å². The van der Waals surface area contributed by atoms with Crippen LogP contribution >= 0.6 is 0 Å². The summed E-state index contributed by atoms with van der Waals surface area (Å²) in [5, 5.41) is 13.5. The number of hydrogen-bond donors (Lipinski definition) is 0. The summed E-state index contributed by atoms with van der Waals surface area (Å²) in [6.07, 6.45) is 2.84. The molecule has 0 aliphatic carbocycles. The fraction of sp³-hybridized carbons (Fsp3) is 0.0187. The van der Waals surface area contributed by atoms with Crippen LogP contribution in [0.1, 0.15) is 18.3 Å². The van der Waals surface area contributed by atoms with E-state index in [1.54, 1.807) is 0 Å². The molecule has 0 aliphatic rings. The van der Waals surface area contributed by atoms with Gasteiger partial charge in [0.1, 0.15) is 5.82 Å². The van der Waals surface area contributed by atoms with Crippen LogP contribution in [0.25, 0.3) is 194 Å². The van der Waals surface area contributed by atoms with Crippen molar-refractivity contribution in [3.63, 3.8) is 0 Å². The van der Waals surface area contributed by atoms with Crippen molar-refractivity contribution >= 4 is 97.9 Å². The second kappa shape index (κ2) is 30.8. The predicted octanol–water partition coefficient (Wildman–Crippen LogP) is 26.7. The van der Waals surface area contributed by atoms with Gasteiger partial charge in [-0.15, -0.1) is 11.5 Å². The molecule has 1 radical (unpaired) electrons. The van der Waals surface area contributed by atoms with Crippen LogP contribution < -0.4 is 4.57 Å². The fourth-order valence-electron chi connectivity index (χ4n) is 17.0. The van der Waals surface area contributed by atoms with Gasteiger partial charge < -0.3 is 13.7 Å². The van der Waals surface area contributed by atoms with Gasteiger partial charge >= 0.3 is 0 Å². The van der Waals surface area contributed by atoms with Crippen LogP contribution in [0.2, 0.25) is 0 Å². The summed E-state index contributed by atoms with van der Waals surface area (Å²) in [5.41, 5.74) is 25.0. The van der Waals surface area contributed by atoms with Gasteiger partial charge in [0.2, 0.25) is 0 Å². The molecule has 0 saturated heterocycles. The Morgan fingerprint density at radius 3 is 1.30 bits per heavy atom. The number of nitrogens with zero attached hydrogens (tertiary/aromatic N) is 8. The van der Waals surface area contributed by atoms with Crippen molar-refractivity contribution in [2.24, 2.45) is 0 Å². The van der Waals surface area contributed by atoms with Crippen molar-refractivity contribution in [2.45, 2.75) is 13.3 Å². The minimum Gasteiger partial charge on any atom is -0.343 e. The second-order valence-electron chi connectivity index (χ2n) is 29.1. The van der Waals surface area contributed by atoms with Crippen molar-refractivity contribution in [3.05, 3.63) is 426 Å². The van der Waals surface area contributed by atoms with E-state index in [9.17, 15) is 0 Å². The molecule has 116 heavy (non-hydrogen) atoms. The van der Waals surface area contributed by atoms with Gasteiger partial charge in [-0.05, 0) is 150 Å². The number of pyridine rings is 1. The van der Waals surface area contributed by atoms with E-state index in [4.69, 9.17) is 19.9 Å². The first-order chi connectivity index (χ1) is 56.8. The quantitative estimate of drug-likeness (QED) is 0.0560. The Bertz CT molecular complexity index is 7260. The molecule has 553 valence electrons. The van der Waals surface area contributed by atoms with Crippen molar-refractivity contribution < 1.29 is 24.7 Å². The molecule has 5 heterocycles. The van der Waals surface area contributed by atoms with Crippen LogP contribution in [-0.4, -0.2) is 33.6 Å². The van der Waals surface area contributed by atoms with E-state index < -0.39 is 0 Å². The minimum absolute atomic E-state index is 0. The van der Waals surface area contributed by atoms with Crippen LogP contribution in [0, 0.1) is 14.0 Å². The fourth-order valence-corrected chi connectivity index (χ4v) is 17.0. The molecular weight excluding hydrogens is 1590 g/mol. The van der Waals surface area contributed by atoms with E-state index in [2.05, 4.69) is 350 Å². The third-order valence-corrected chi connectivity index (χ3v) is 22.3. The molecule has 8 nitrogen and oxygen atoms in total. The molecular formula is C107H75IrN8-. The Morgan fingerprint density at radius 1 is 0.276 bits per heavy atom. The van der Waals surface area contributed by atoms with Crippen molar-refractivity contribution in [1.82, 2.24) is 33.6 Å². The number of rotatable bonds is 11. The summed E-state index contributed by atoms with van der Waals surface area (Å²) in [6.45, 7) is 6.27. The van der Waals surface area contributed by atoms with Crippen LogP contribution in [0.3, 0.4) is 0 Å². The maximum absolute atomic E-state index is 5.03. The Kier molecular flexibility index (Phi) is 19.0. The van der Waals surface area contributed by atoms with Crippen LogP contribution in [0.4, 0.5) is 0 Å². The molecule has 22 rings (SSSR count). The molecule has 0 atom stereocenters. The molecule has 0 saturated carbocycles. The molecule has 9 heteroatoms. The maximum Gasteiger partial charge on any atom is 0.164 e. The molecule has 0 spiro atoms. The standard InChI is InChI=1S/C51H33N5.C41H30N2.C15H12N.Ir/c1-4-15-34(16-5-1)49-52-50(35-17-6-2-7-18-35)54-51(53-49)38-19-14-22-40(31-38)56-45-25-12-10-23-41(45)43-29-27-37(33-48(43)56)36-28-30-47-44(32-36)42-24-11-13-26-46(42)55(47)39-20-8-3-9-21-39;1-2-39-42-37-18-10-11-19-38(37)43(39)32-26-24-31(25-27-32)41-35-16-8-6-14-33(35)40(34-15-7-9-17-36(34)41)30-22-20-29(21-23-30)28-12-4-3-5-13-28;1-11-5-3-6-12-8-9-13-7-4-10-16(2)15(13)14(11)12;/h1-33H;3-27H,2H2,1H3;3-10H,1-2H2;/q;;-1;. The molecule has 0 aliphatic heterocycles. The molecule has 0 fully saturated rings. The average molecular weight is 1670 g/mol. The first-order valence-electron chi connectivity index (χ1n) is 39.1. The smallest absolute Gasteiger partial charge is 0.164 e. The van der Waals surface area contributed by atoms with Crippen LogP contribution in [0.15, 0.2) is 401 Å². The molecule has 17 aromatic carbocycles. The Morgan fingerprint density at radius 2 is 0.690 bits per heavy atom. The van der Waals surface area contributed by atoms with Gasteiger partial charge in [-0.2, -0.15) is 18.6 Å². The van der Waals surface area contributed by atoms with E-state index in [0.29, 0.717) is 17.5 Å². The zero-order chi connectivity index (χ0) is 76.9. The largest absolute Gasteiger partial charge is 0.343 e. The number of benzene rings is 17. The predicted molar refractivity (Wildman–Crippen MR) is 479 cm³/mol. The van der Waals surface area contributed by atoms with Gasteiger partial charge in [-0.1, -0.05) is 316 Å². The summed E-state index contributed by atoms with van der Waals surface area (Å²) < 4.78 is 8.93. The van der Waals surface area contributed by atoms with E-state index in [1.807, 2.05) is 89.6 Å². The first-order valence-corrected chi connectivity index (χ1v) is 39.1. The van der Waals surface area contributed by atoms with Gasteiger partial charge in [0.05, 0.1) is 44.8 Å². The number of fused-ring (bicyclic) bond motifs is 12. The first kappa shape index (κ1) is 71.7. The number of hydrogen-bond acceptors (Lipinski definition) is 4. The van der Waals surface area contributed by atoms with Crippen molar-refractivity contribution in [3.8, 4) is 95.7 Å². The number of imidazole rings is 1. The Hall–Kier alpha value is -14.6. The average Bonchev–Trinajstić information content (AvgIpc) is 1.49. The Labute approximate surface area is 686 Å². The van der Waals surface area contributed by atoms with Gasteiger partial charge in [0, 0.05) is 88.9 Å². The molecule has 0 amide bonds. The minimum atomic E-state index is 0. The number of aryl methyl sites for hydroxylation is 1.